The normalized spacial score (nSPS) is 33.4. The van der Waals surface area contributed by atoms with E-state index >= 15 is 0 Å². The molecule has 1 saturated carbocycles. The van der Waals surface area contributed by atoms with Gasteiger partial charge in [-0.3, -0.25) is 0 Å². The molecule has 0 bridgehead atoms. The Morgan fingerprint density at radius 1 is 1.08 bits per heavy atom. The molecule has 3 rings (SSSR count). The van der Waals surface area contributed by atoms with Crippen LogP contribution in [0.15, 0.2) is 12.4 Å². The molecule has 8 heteroatoms. The SMILES string of the molecule is CC1(CN2C=CN(CC3CCC(F)(F)CC3)C2C(F)(F)F)CCCO1. The number of nitrogens with zero attached hydrogens (tertiary/aromatic N) is 2. The quantitative estimate of drug-likeness (QED) is 0.686. The number of halogens is 5. The zero-order chi connectivity index (χ0) is 18.3. The minimum absolute atomic E-state index is 0.132. The molecule has 2 unspecified atom stereocenters. The van der Waals surface area contributed by atoms with Crippen molar-refractivity contribution in [1.29, 1.82) is 0 Å². The first-order valence-corrected chi connectivity index (χ1v) is 8.86. The van der Waals surface area contributed by atoms with E-state index in [1.807, 2.05) is 6.92 Å². The van der Waals surface area contributed by atoms with E-state index in [-0.39, 0.29) is 44.7 Å². The van der Waals surface area contributed by atoms with Crippen molar-refractivity contribution < 1.29 is 26.7 Å². The number of hydrogen-bond acceptors (Lipinski definition) is 3. The molecule has 0 aromatic rings. The second-order valence-corrected chi connectivity index (χ2v) is 7.78. The smallest absolute Gasteiger partial charge is 0.373 e. The van der Waals surface area contributed by atoms with Crippen LogP contribution >= 0.6 is 0 Å². The summed E-state index contributed by atoms with van der Waals surface area (Å²) in [5.41, 5.74) is -0.573. The summed E-state index contributed by atoms with van der Waals surface area (Å²) in [6, 6.07) is 0. The van der Waals surface area contributed by atoms with Crippen molar-refractivity contribution in [3.8, 4) is 0 Å². The Balaban J connectivity index is 1.64. The van der Waals surface area contributed by atoms with E-state index in [0.29, 0.717) is 6.61 Å². The van der Waals surface area contributed by atoms with Crippen LogP contribution in [0.1, 0.15) is 45.4 Å². The Labute approximate surface area is 144 Å². The molecule has 1 saturated heterocycles. The van der Waals surface area contributed by atoms with E-state index in [4.69, 9.17) is 4.74 Å². The highest BCUT2D eigenvalue weighted by Gasteiger charge is 2.50. The van der Waals surface area contributed by atoms with Crippen LogP contribution in [-0.2, 0) is 4.74 Å². The molecule has 2 heterocycles. The van der Waals surface area contributed by atoms with Gasteiger partial charge >= 0.3 is 6.18 Å². The summed E-state index contributed by atoms with van der Waals surface area (Å²) < 4.78 is 73.1. The monoisotopic (exact) mass is 368 g/mol. The van der Waals surface area contributed by atoms with Gasteiger partial charge in [-0.15, -0.1) is 0 Å². The van der Waals surface area contributed by atoms with Gasteiger partial charge in [-0.25, -0.2) is 8.78 Å². The lowest BCUT2D eigenvalue weighted by Gasteiger charge is -2.39. The van der Waals surface area contributed by atoms with Gasteiger partial charge in [-0.1, -0.05) is 0 Å². The minimum Gasteiger partial charge on any atom is -0.373 e. The molecule has 2 fully saturated rings. The third kappa shape index (κ3) is 4.38. The number of rotatable bonds is 4. The van der Waals surface area contributed by atoms with Crippen LogP contribution in [0.5, 0.6) is 0 Å². The standard InChI is InChI=1S/C17H25F5N2O/c1-15(5-2-10-25-15)12-24-9-8-23(14(24)17(20,21)22)11-13-3-6-16(18,19)7-4-13/h8-9,13-14H,2-7,10-12H2,1H3. The van der Waals surface area contributed by atoms with Crippen LogP contribution in [0.2, 0.25) is 0 Å². The average molecular weight is 368 g/mol. The zero-order valence-corrected chi connectivity index (χ0v) is 14.4. The lowest BCUT2D eigenvalue weighted by atomic mass is 9.86. The fourth-order valence-electron chi connectivity index (χ4n) is 4.13. The number of alkyl halides is 5. The van der Waals surface area contributed by atoms with Crippen molar-refractivity contribution in [3.05, 3.63) is 12.4 Å². The minimum atomic E-state index is -4.42. The molecule has 0 aromatic carbocycles. The summed E-state index contributed by atoms with van der Waals surface area (Å²) in [5.74, 6) is -2.80. The lowest BCUT2D eigenvalue weighted by Crippen LogP contribution is -2.54. The molecule has 0 aromatic heterocycles. The van der Waals surface area contributed by atoms with Crippen LogP contribution in [0, 0.1) is 5.92 Å². The van der Waals surface area contributed by atoms with Gasteiger partial charge in [0.15, 0.2) is 6.17 Å². The highest BCUT2D eigenvalue weighted by molar-refractivity contribution is 5.03. The summed E-state index contributed by atoms with van der Waals surface area (Å²) in [7, 11) is 0. The van der Waals surface area contributed by atoms with E-state index in [1.54, 1.807) is 0 Å². The zero-order valence-electron chi connectivity index (χ0n) is 14.4. The van der Waals surface area contributed by atoms with Crippen LogP contribution in [0.3, 0.4) is 0 Å². The van der Waals surface area contributed by atoms with Crippen LogP contribution in [0.25, 0.3) is 0 Å². The van der Waals surface area contributed by atoms with Crippen molar-refractivity contribution in [1.82, 2.24) is 9.80 Å². The Morgan fingerprint density at radius 3 is 2.28 bits per heavy atom. The molecule has 2 aliphatic heterocycles. The van der Waals surface area contributed by atoms with Gasteiger partial charge < -0.3 is 14.5 Å². The fourth-order valence-corrected chi connectivity index (χ4v) is 4.13. The number of ether oxygens (including phenoxy) is 1. The van der Waals surface area contributed by atoms with E-state index in [1.165, 1.54) is 22.2 Å². The summed E-state index contributed by atoms with van der Waals surface area (Å²) >= 11 is 0. The Kier molecular flexibility index (Phi) is 4.94. The maximum Gasteiger partial charge on any atom is 0.427 e. The molecule has 1 aliphatic carbocycles. The fraction of sp³-hybridized carbons (Fsp3) is 0.882. The molecule has 0 N–H and O–H groups in total. The molecule has 25 heavy (non-hydrogen) atoms. The predicted molar refractivity (Wildman–Crippen MR) is 82.9 cm³/mol. The van der Waals surface area contributed by atoms with Crippen molar-refractivity contribution in [2.75, 3.05) is 19.7 Å². The molecular weight excluding hydrogens is 343 g/mol. The van der Waals surface area contributed by atoms with Gasteiger partial charge in [0.05, 0.1) is 5.60 Å². The van der Waals surface area contributed by atoms with E-state index < -0.39 is 23.9 Å². The van der Waals surface area contributed by atoms with Gasteiger partial charge in [-0.2, -0.15) is 13.2 Å². The lowest BCUT2D eigenvalue weighted by molar-refractivity contribution is -0.211. The van der Waals surface area contributed by atoms with Crippen molar-refractivity contribution in [2.24, 2.45) is 5.92 Å². The summed E-state index contributed by atoms with van der Waals surface area (Å²) in [6.45, 7) is 2.75. The molecule has 2 atom stereocenters. The van der Waals surface area contributed by atoms with Gasteiger partial charge in [0.25, 0.3) is 0 Å². The van der Waals surface area contributed by atoms with E-state index in [2.05, 4.69) is 0 Å². The maximum atomic E-state index is 13.7. The topological polar surface area (TPSA) is 15.7 Å². The van der Waals surface area contributed by atoms with Gasteiger partial charge in [-0.05, 0) is 38.5 Å². The average Bonchev–Trinajstić information content (AvgIpc) is 3.08. The highest BCUT2D eigenvalue weighted by Crippen LogP contribution is 2.39. The Morgan fingerprint density at radius 2 is 1.72 bits per heavy atom. The number of hydrogen-bond donors (Lipinski definition) is 0. The second kappa shape index (κ2) is 6.59. The van der Waals surface area contributed by atoms with Gasteiger partial charge in [0, 0.05) is 44.9 Å². The highest BCUT2D eigenvalue weighted by atomic mass is 19.4. The van der Waals surface area contributed by atoms with Crippen LogP contribution in [-0.4, -0.2) is 53.4 Å². The molecule has 3 nitrogen and oxygen atoms in total. The largest absolute Gasteiger partial charge is 0.427 e. The van der Waals surface area contributed by atoms with Crippen molar-refractivity contribution >= 4 is 0 Å². The summed E-state index contributed by atoms with van der Waals surface area (Å²) in [4.78, 5) is 2.54. The van der Waals surface area contributed by atoms with E-state index in [9.17, 15) is 22.0 Å². The summed E-state index contributed by atoms with van der Waals surface area (Å²) in [6.07, 6.45) is -1.60. The molecule has 0 amide bonds. The first kappa shape index (κ1) is 18.7. The second-order valence-electron chi connectivity index (χ2n) is 7.78. The van der Waals surface area contributed by atoms with Crippen molar-refractivity contribution in [2.45, 2.75) is 69.3 Å². The van der Waals surface area contributed by atoms with E-state index in [0.717, 1.165) is 12.8 Å². The molecule has 0 radical (unpaired) electrons. The van der Waals surface area contributed by atoms with Crippen LogP contribution in [0.4, 0.5) is 22.0 Å². The predicted octanol–water partition coefficient (Wildman–Crippen LogP) is 4.36. The Hall–Kier alpha value is -1.05. The summed E-state index contributed by atoms with van der Waals surface area (Å²) in [5, 5.41) is 0. The maximum absolute atomic E-state index is 13.7. The third-order valence-electron chi connectivity index (χ3n) is 5.49. The van der Waals surface area contributed by atoms with Crippen molar-refractivity contribution in [3.63, 3.8) is 0 Å². The molecule has 0 spiro atoms. The van der Waals surface area contributed by atoms with Gasteiger partial charge in [0.2, 0.25) is 5.92 Å². The first-order chi connectivity index (χ1) is 11.6. The Bertz CT molecular complexity index is 492. The molecule has 144 valence electrons. The van der Waals surface area contributed by atoms with Crippen LogP contribution < -0.4 is 0 Å². The first-order valence-electron chi connectivity index (χ1n) is 8.86. The third-order valence-corrected chi connectivity index (χ3v) is 5.49. The molecular formula is C17H25F5N2O. The van der Waals surface area contributed by atoms with Gasteiger partial charge in [0.1, 0.15) is 0 Å². The molecule has 3 aliphatic rings.